The van der Waals surface area contributed by atoms with Crippen LogP contribution in [0.15, 0.2) is 29.2 Å². The maximum Gasteiger partial charge on any atom is 0.179 e. The molecule has 1 aromatic carbocycles. The smallest absolute Gasteiger partial charge is 0.179 e. The zero-order valence-electron chi connectivity index (χ0n) is 11.2. The van der Waals surface area contributed by atoms with Gasteiger partial charge in [-0.1, -0.05) is 32.0 Å². The van der Waals surface area contributed by atoms with Gasteiger partial charge in [-0.2, -0.15) is 0 Å². The van der Waals surface area contributed by atoms with Gasteiger partial charge in [-0.05, 0) is 17.5 Å². The van der Waals surface area contributed by atoms with Crippen molar-refractivity contribution in [1.82, 2.24) is 0 Å². The molecule has 0 amide bonds. The summed E-state index contributed by atoms with van der Waals surface area (Å²) in [6, 6.07) is 6.89. The Bertz CT molecular complexity index is 559. The SMILES string of the molecule is CC(C)C(CO)(CO)C1CS(=O)(=O)c2ccccc21. The molecule has 0 radical (unpaired) electrons. The zero-order valence-corrected chi connectivity index (χ0v) is 12.0. The molecule has 0 aliphatic carbocycles. The summed E-state index contributed by atoms with van der Waals surface area (Å²) in [6.45, 7) is 3.35. The van der Waals surface area contributed by atoms with Gasteiger partial charge in [0.2, 0.25) is 0 Å². The Kier molecular flexibility index (Phi) is 3.73. The van der Waals surface area contributed by atoms with Crippen LogP contribution >= 0.6 is 0 Å². The second-order valence-corrected chi connectivity index (χ2v) is 7.58. The highest BCUT2D eigenvalue weighted by molar-refractivity contribution is 7.91. The van der Waals surface area contributed by atoms with E-state index < -0.39 is 15.3 Å². The number of fused-ring (bicyclic) bond motifs is 1. The molecule has 106 valence electrons. The maximum atomic E-state index is 12.2. The Morgan fingerprint density at radius 3 is 2.37 bits per heavy atom. The fraction of sp³-hybridized carbons (Fsp3) is 0.571. The van der Waals surface area contributed by atoms with Gasteiger partial charge in [0.15, 0.2) is 9.84 Å². The minimum atomic E-state index is -3.31. The van der Waals surface area contributed by atoms with Crippen LogP contribution in [0.4, 0.5) is 0 Å². The zero-order chi connectivity index (χ0) is 14.3. The molecule has 1 unspecified atom stereocenters. The van der Waals surface area contributed by atoms with Gasteiger partial charge in [-0.15, -0.1) is 0 Å². The van der Waals surface area contributed by atoms with E-state index in [1.165, 1.54) is 0 Å². The van der Waals surface area contributed by atoms with E-state index in [9.17, 15) is 18.6 Å². The van der Waals surface area contributed by atoms with Gasteiger partial charge in [-0.3, -0.25) is 0 Å². The standard InChI is InChI=1S/C14H20O4S/c1-10(2)14(8-15,9-16)12-7-19(17,18)13-6-4-3-5-11(12)13/h3-6,10,12,15-16H,7-9H2,1-2H3. The van der Waals surface area contributed by atoms with Crippen LogP contribution in [0.5, 0.6) is 0 Å². The highest BCUT2D eigenvalue weighted by atomic mass is 32.2. The van der Waals surface area contributed by atoms with E-state index in [0.29, 0.717) is 4.90 Å². The Labute approximate surface area is 114 Å². The summed E-state index contributed by atoms with van der Waals surface area (Å²) in [5.41, 5.74) is -0.0843. The minimum absolute atomic E-state index is 0.0196. The number of hydrogen-bond acceptors (Lipinski definition) is 4. The Hall–Kier alpha value is -0.910. The van der Waals surface area contributed by atoms with Crippen molar-refractivity contribution in [2.75, 3.05) is 19.0 Å². The first-order valence-corrected chi connectivity index (χ1v) is 8.07. The van der Waals surface area contributed by atoms with E-state index in [-0.39, 0.29) is 30.8 Å². The molecule has 0 spiro atoms. The highest BCUT2D eigenvalue weighted by Gasteiger charge is 2.48. The molecule has 4 nitrogen and oxygen atoms in total. The van der Waals surface area contributed by atoms with E-state index in [1.54, 1.807) is 24.3 Å². The summed E-state index contributed by atoms with van der Waals surface area (Å²) in [6.07, 6.45) is 0. The van der Waals surface area contributed by atoms with Crippen LogP contribution < -0.4 is 0 Å². The minimum Gasteiger partial charge on any atom is -0.396 e. The van der Waals surface area contributed by atoms with E-state index in [4.69, 9.17) is 0 Å². The number of rotatable bonds is 4. The Balaban J connectivity index is 2.60. The third-order valence-corrected chi connectivity index (χ3v) is 6.26. The molecule has 5 heteroatoms. The lowest BCUT2D eigenvalue weighted by molar-refractivity contribution is -0.00169. The van der Waals surface area contributed by atoms with E-state index in [1.807, 2.05) is 13.8 Å². The molecule has 0 saturated carbocycles. The van der Waals surface area contributed by atoms with Gasteiger partial charge in [0, 0.05) is 11.3 Å². The van der Waals surface area contributed by atoms with Crippen molar-refractivity contribution >= 4 is 9.84 Å². The van der Waals surface area contributed by atoms with Crippen molar-refractivity contribution < 1.29 is 18.6 Å². The van der Waals surface area contributed by atoms with Crippen LogP contribution in [0.1, 0.15) is 25.3 Å². The van der Waals surface area contributed by atoms with E-state index in [0.717, 1.165) is 5.56 Å². The number of aliphatic hydroxyl groups is 2. The first-order chi connectivity index (χ1) is 8.89. The molecule has 1 atom stereocenters. The lowest BCUT2D eigenvalue weighted by atomic mass is 9.67. The molecule has 0 saturated heterocycles. The van der Waals surface area contributed by atoms with Crippen molar-refractivity contribution in [3.8, 4) is 0 Å². The summed E-state index contributed by atoms with van der Waals surface area (Å²) < 4.78 is 24.4. The van der Waals surface area contributed by atoms with Crippen LogP contribution in [0.2, 0.25) is 0 Å². The van der Waals surface area contributed by atoms with E-state index in [2.05, 4.69) is 0 Å². The van der Waals surface area contributed by atoms with Gasteiger partial charge >= 0.3 is 0 Å². The van der Waals surface area contributed by atoms with Crippen molar-refractivity contribution in [2.45, 2.75) is 24.7 Å². The van der Waals surface area contributed by atoms with Gasteiger partial charge in [0.1, 0.15) is 0 Å². The summed E-state index contributed by atoms with van der Waals surface area (Å²) >= 11 is 0. The molecule has 0 bridgehead atoms. The second kappa shape index (κ2) is 4.89. The fourth-order valence-electron chi connectivity index (χ4n) is 2.96. The van der Waals surface area contributed by atoms with Crippen molar-refractivity contribution in [3.05, 3.63) is 29.8 Å². The van der Waals surface area contributed by atoms with Gasteiger partial charge in [-0.25, -0.2) is 8.42 Å². The van der Waals surface area contributed by atoms with Crippen LogP contribution in [-0.4, -0.2) is 37.6 Å². The van der Waals surface area contributed by atoms with Gasteiger partial charge in [0.05, 0.1) is 23.9 Å². The molecule has 1 aromatic rings. The van der Waals surface area contributed by atoms with Crippen LogP contribution in [0.25, 0.3) is 0 Å². The Morgan fingerprint density at radius 2 is 1.84 bits per heavy atom. The normalized spacial score (nSPS) is 21.6. The highest BCUT2D eigenvalue weighted by Crippen LogP contribution is 2.48. The molecule has 1 aliphatic rings. The summed E-state index contributed by atoms with van der Waals surface area (Å²) in [7, 11) is -3.31. The number of sulfone groups is 1. The quantitative estimate of drug-likeness (QED) is 0.871. The Morgan fingerprint density at radius 1 is 1.26 bits per heavy atom. The van der Waals surface area contributed by atoms with Crippen molar-refractivity contribution in [2.24, 2.45) is 11.3 Å². The third kappa shape index (κ3) is 2.10. The maximum absolute atomic E-state index is 12.2. The molecule has 0 fully saturated rings. The summed E-state index contributed by atoms with van der Waals surface area (Å²) in [4.78, 5) is 0.340. The number of aliphatic hydroxyl groups excluding tert-OH is 2. The van der Waals surface area contributed by atoms with E-state index >= 15 is 0 Å². The molecular formula is C14H20O4S. The van der Waals surface area contributed by atoms with Crippen LogP contribution in [0.3, 0.4) is 0 Å². The molecule has 1 heterocycles. The first kappa shape index (κ1) is 14.5. The second-order valence-electron chi connectivity index (χ2n) is 5.58. The lowest BCUT2D eigenvalue weighted by Gasteiger charge is -2.39. The molecule has 0 aromatic heterocycles. The summed E-state index contributed by atoms with van der Waals surface area (Å²) in [5, 5.41) is 19.5. The molecule has 2 N–H and O–H groups in total. The molecule has 19 heavy (non-hydrogen) atoms. The molecule has 2 rings (SSSR count). The largest absolute Gasteiger partial charge is 0.396 e. The lowest BCUT2D eigenvalue weighted by Crippen LogP contribution is -2.42. The average Bonchev–Trinajstić information content (AvgIpc) is 2.65. The predicted octanol–water partition coefficient (Wildman–Crippen LogP) is 1.18. The van der Waals surface area contributed by atoms with Crippen LogP contribution in [-0.2, 0) is 9.84 Å². The monoisotopic (exact) mass is 284 g/mol. The van der Waals surface area contributed by atoms with Gasteiger partial charge < -0.3 is 10.2 Å². The fourth-order valence-corrected chi connectivity index (χ4v) is 4.95. The average molecular weight is 284 g/mol. The van der Waals surface area contributed by atoms with Crippen molar-refractivity contribution in [3.63, 3.8) is 0 Å². The summed E-state index contributed by atoms with van der Waals surface area (Å²) in [5.74, 6) is -0.413. The predicted molar refractivity (Wildman–Crippen MR) is 72.7 cm³/mol. The van der Waals surface area contributed by atoms with Crippen molar-refractivity contribution in [1.29, 1.82) is 0 Å². The molecule has 1 aliphatic heterocycles. The first-order valence-electron chi connectivity index (χ1n) is 6.42. The molecular weight excluding hydrogens is 264 g/mol. The number of hydrogen-bond donors (Lipinski definition) is 2. The number of benzene rings is 1. The topological polar surface area (TPSA) is 74.6 Å². The third-order valence-electron chi connectivity index (χ3n) is 4.45. The van der Waals surface area contributed by atoms with Crippen LogP contribution in [0, 0.1) is 11.3 Å². The van der Waals surface area contributed by atoms with Gasteiger partial charge in [0.25, 0.3) is 0 Å².